The number of carbonyl (C=O) groups excluding carboxylic acids is 1. The van der Waals surface area contributed by atoms with E-state index in [0.29, 0.717) is 5.69 Å². The monoisotopic (exact) mass is 365 g/mol. The Morgan fingerprint density at radius 3 is 2.36 bits per heavy atom. The van der Waals surface area contributed by atoms with Crippen LogP contribution in [0.15, 0.2) is 23.3 Å². The minimum atomic E-state index is -3.57. The molecule has 138 valence electrons. The second-order valence-electron chi connectivity index (χ2n) is 6.69. The molecule has 1 fully saturated rings. The lowest BCUT2D eigenvalue weighted by Crippen LogP contribution is -2.39. The van der Waals surface area contributed by atoms with E-state index in [1.165, 1.54) is 12.8 Å². The Morgan fingerprint density at radius 1 is 1.16 bits per heavy atom. The van der Waals surface area contributed by atoms with Gasteiger partial charge in [-0.3, -0.25) is 9.10 Å². The van der Waals surface area contributed by atoms with Gasteiger partial charge in [-0.05, 0) is 51.2 Å². The Kier molecular flexibility index (Phi) is 6.58. The van der Waals surface area contributed by atoms with Crippen LogP contribution in [0.4, 0.5) is 5.69 Å². The van der Waals surface area contributed by atoms with Gasteiger partial charge in [0.15, 0.2) is 0 Å². The molecule has 1 aromatic carbocycles. The van der Waals surface area contributed by atoms with Gasteiger partial charge in [-0.1, -0.05) is 30.5 Å². The number of hydrazone groups is 1. The molecule has 1 aliphatic carbocycles. The summed E-state index contributed by atoms with van der Waals surface area (Å²) in [7, 11) is -3.57. The number of amides is 1. The lowest BCUT2D eigenvalue weighted by Gasteiger charge is -2.23. The van der Waals surface area contributed by atoms with E-state index in [0.717, 1.165) is 53.1 Å². The van der Waals surface area contributed by atoms with E-state index in [2.05, 4.69) is 10.5 Å². The number of carbonyl (C=O) groups is 1. The van der Waals surface area contributed by atoms with Crippen LogP contribution in [-0.4, -0.2) is 32.8 Å². The van der Waals surface area contributed by atoms with Crippen molar-refractivity contribution in [2.45, 2.75) is 52.4 Å². The first-order chi connectivity index (χ1) is 11.8. The lowest BCUT2D eigenvalue weighted by molar-refractivity contribution is -0.119. The van der Waals surface area contributed by atoms with E-state index in [1.807, 2.05) is 26.0 Å². The lowest BCUT2D eigenvalue weighted by atomic mass is 10.1. The minimum Gasteiger partial charge on any atom is -0.271 e. The van der Waals surface area contributed by atoms with E-state index >= 15 is 0 Å². The number of sulfonamides is 1. The molecular weight excluding hydrogens is 338 g/mol. The molecule has 0 radical (unpaired) electrons. The van der Waals surface area contributed by atoms with Crippen molar-refractivity contribution in [3.05, 3.63) is 29.3 Å². The summed E-state index contributed by atoms with van der Waals surface area (Å²) in [6.07, 6.45) is 7.47. The Hall–Kier alpha value is -1.89. The molecule has 1 aliphatic rings. The third-order valence-corrected chi connectivity index (χ3v) is 5.45. The summed E-state index contributed by atoms with van der Waals surface area (Å²) in [6.45, 7) is 3.50. The van der Waals surface area contributed by atoms with Gasteiger partial charge in [-0.25, -0.2) is 13.8 Å². The summed E-state index contributed by atoms with van der Waals surface area (Å²) in [5.41, 5.74) is 5.89. The predicted molar refractivity (Wildman–Crippen MR) is 101 cm³/mol. The van der Waals surface area contributed by atoms with Crippen LogP contribution in [0.1, 0.15) is 49.7 Å². The fourth-order valence-electron chi connectivity index (χ4n) is 3.02. The zero-order valence-electron chi connectivity index (χ0n) is 15.2. The molecule has 1 amide bonds. The van der Waals surface area contributed by atoms with Crippen LogP contribution in [0.3, 0.4) is 0 Å². The first-order valence-electron chi connectivity index (χ1n) is 8.66. The molecule has 25 heavy (non-hydrogen) atoms. The van der Waals surface area contributed by atoms with Crippen molar-refractivity contribution in [1.82, 2.24) is 5.43 Å². The maximum atomic E-state index is 12.3. The number of benzene rings is 1. The predicted octanol–water partition coefficient (Wildman–Crippen LogP) is 2.90. The summed E-state index contributed by atoms with van der Waals surface area (Å²) >= 11 is 0. The zero-order valence-corrected chi connectivity index (χ0v) is 16.0. The van der Waals surface area contributed by atoms with Gasteiger partial charge < -0.3 is 0 Å². The Morgan fingerprint density at radius 2 is 1.80 bits per heavy atom. The van der Waals surface area contributed by atoms with E-state index in [-0.39, 0.29) is 6.54 Å². The standard InChI is InChI=1S/C18H27N3O3S/c1-14-10-11-17(15(2)12-14)21(25(3,23)24)13-18(22)20-19-16-8-6-4-5-7-9-16/h10-12H,4-9,13H2,1-3H3,(H,20,22). The highest BCUT2D eigenvalue weighted by Gasteiger charge is 2.22. The van der Waals surface area contributed by atoms with Gasteiger partial charge in [0, 0.05) is 5.71 Å². The average molecular weight is 365 g/mol. The second-order valence-corrected chi connectivity index (χ2v) is 8.59. The molecule has 0 aliphatic heterocycles. The molecule has 2 rings (SSSR count). The minimum absolute atomic E-state index is 0.278. The molecule has 6 nitrogen and oxygen atoms in total. The second kappa shape index (κ2) is 8.47. The summed E-state index contributed by atoms with van der Waals surface area (Å²) in [5, 5.41) is 4.20. The van der Waals surface area contributed by atoms with Crippen LogP contribution in [0.2, 0.25) is 0 Å². The topological polar surface area (TPSA) is 78.8 Å². The highest BCUT2D eigenvalue weighted by Crippen LogP contribution is 2.23. The third kappa shape index (κ3) is 5.85. The fourth-order valence-corrected chi connectivity index (χ4v) is 3.94. The quantitative estimate of drug-likeness (QED) is 0.644. The van der Waals surface area contributed by atoms with Crippen LogP contribution in [-0.2, 0) is 14.8 Å². The van der Waals surface area contributed by atoms with Crippen molar-refractivity contribution >= 4 is 27.3 Å². The van der Waals surface area contributed by atoms with Crippen molar-refractivity contribution in [3.8, 4) is 0 Å². The van der Waals surface area contributed by atoms with E-state index in [1.54, 1.807) is 6.07 Å². The van der Waals surface area contributed by atoms with Crippen LogP contribution >= 0.6 is 0 Å². The van der Waals surface area contributed by atoms with Gasteiger partial charge in [0.25, 0.3) is 5.91 Å². The van der Waals surface area contributed by atoms with Crippen LogP contribution in [0, 0.1) is 13.8 Å². The molecule has 0 saturated heterocycles. The molecule has 7 heteroatoms. The summed E-state index contributed by atoms with van der Waals surface area (Å²) in [5.74, 6) is -0.429. The molecular formula is C18H27N3O3S. The molecule has 1 N–H and O–H groups in total. The van der Waals surface area contributed by atoms with Crippen molar-refractivity contribution in [1.29, 1.82) is 0 Å². The van der Waals surface area contributed by atoms with Crippen molar-refractivity contribution in [2.75, 3.05) is 17.1 Å². The molecule has 0 unspecified atom stereocenters. The number of nitrogens with one attached hydrogen (secondary N) is 1. The molecule has 1 saturated carbocycles. The maximum Gasteiger partial charge on any atom is 0.260 e. The smallest absolute Gasteiger partial charge is 0.260 e. The Balaban J connectivity index is 2.12. The van der Waals surface area contributed by atoms with Crippen molar-refractivity contribution < 1.29 is 13.2 Å². The molecule has 0 aromatic heterocycles. The Labute approximate surface area is 150 Å². The molecule has 0 atom stereocenters. The van der Waals surface area contributed by atoms with Crippen molar-refractivity contribution in [3.63, 3.8) is 0 Å². The van der Waals surface area contributed by atoms with Gasteiger partial charge in [0.05, 0.1) is 11.9 Å². The number of anilines is 1. The molecule has 0 bridgehead atoms. The third-order valence-electron chi connectivity index (χ3n) is 4.33. The number of rotatable bonds is 5. The number of nitrogens with zero attached hydrogens (tertiary/aromatic N) is 2. The van der Waals surface area contributed by atoms with Crippen LogP contribution in [0.5, 0.6) is 0 Å². The number of hydrogen-bond acceptors (Lipinski definition) is 4. The summed E-state index contributed by atoms with van der Waals surface area (Å²) < 4.78 is 25.5. The van der Waals surface area contributed by atoms with Crippen LogP contribution < -0.4 is 9.73 Å². The summed E-state index contributed by atoms with van der Waals surface area (Å²) in [6, 6.07) is 5.47. The SMILES string of the molecule is Cc1ccc(N(CC(=O)NN=C2CCCCCC2)S(C)(=O)=O)c(C)c1. The van der Waals surface area contributed by atoms with Crippen LogP contribution in [0.25, 0.3) is 0 Å². The maximum absolute atomic E-state index is 12.3. The Bertz CT molecular complexity index is 747. The van der Waals surface area contributed by atoms with Gasteiger partial charge in [-0.2, -0.15) is 5.10 Å². The number of aryl methyl sites for hydroxylation is 2. The highest BCUT2D eigenvalue weighted by atomic mass is 32.2. The van der Waals surface area contributed by atoms with Gasteiger partial charge >= 0.3 is 0 Å². The van der Waals surface area contributed by atoms with E-state index < -0.39 is 15.9 Å². The number of hydrogen-bond donors (Lipinski definition) is 1. The van der Waals surface area contributed by atoms with Gasteiger partial charge in [0.2, 0.25) is 10.0 Å². The first kappa shape index (κ1) is 19.4. The van der Waals surface area contributed by atoms with E-state index in [4.69, 9.17) is 0 Å². The summed E-state index contributed by atoms with van der Waals surface area (Å²) in [4.78, 5) is 12.3. The normalized spacial score (nSPS) is 15.4. The van der Waals surface area contributed by atoms with Gasteiger partial charge in [-0.15, -0.1) is 0 Å². The highest BCUT2D eigenvalue weighted by molar-refractivity contribution is 7.92. The molecule has 0 spiro atoms. The fraction of sp³-hybridized carbons (Fsp3) is 0.556. The zero-order chi connectivity index (χ0) is 18.4. The van der Waals surface area contributed by atoms with E-state index in [9.17, 15) is 13.2 Å². The largest absolute Gasteiger partial charge is 0.271 e. The molecule has 1 aromatic rings. The average Bonchev–Trinajstić information content (AvgIpc) is 2.79. The first-order valence-corrected chi connectivity index (χ1v) is 10.5. The van der Waals surface area contributed by atoms with Gasteiger partial charge in [0.1, 0.15) is 6.54 Å². The molecule has 0 heterocycles. The van der Waals surface area contributed by atoms with Crippen molar-refractivity contribution in [2.24, 2.45) is 5.10 Å².